The second kappa shape index (κ2) is 6.01. The molecule has 24 heavy (non-hydrogen) atoms. The molecule has 0 radical (unpaired) electrons. The maximum absolute atomic E-state index is 12.3. The molecule has 0 amide bonds. The topological polar surface area (TPSA) is 72.0 Å². The first kappa shape index (κ1) is 15.3. The number of aromatic amines is 1. The molecule has 1 aromatic carbocycles. The summed E-state index contributed by atoms with van der Waals surface area (Å²) in [5, 5.41) is 3.00. The fraction of sp³-hybridized carbons (Fsp3) is 0.0625. The summed E-state index contributed by atoms with van der Waals surface area (Å²) in [5.41, 5.74) is 0.357. The first-order valence-electron chi connectivity index (χ1n) is 6.94. The minimum Gasteiger partial charge on any atom is -0.453 e. The molecule has 4 rings (SSSR count). The number of H-pyrrole nitrogens is 1. The number of hydrogen-bond acceptors (Lipinski definition) is 6. The number of fused-ring (bicyclic) bond motifs is 2. The Morgan fingerprint density at radius 3 is 2.96 bits per heavy atom. The van der Waals surface area contributed by atoms with Crippen molar-refractivity contribution in [1.82, 2.24) is 9.97 Å². The van der Waals surface area contributed by atoms with Crippen LogP contribution in [0.15, 0.2) is 40.5 Å². The van der Waals surface area contributed by atoms with E-state index < -0.39 is 5.97 Å². The number of carbonyl (C=O) groups excluding carboxylic acids is 1. The molecule has 8 heteroatoms. The third-order valence-corrected chi connectivity index (χ3v) is 5.98. The summed E-state index contributed by atoms with van der Waals surface area (Å²) in [4.78, 5) is 31.4. The van der Waals surface area contributed by atoms with Crippen molar-refractivity contribution in [2.45, 2.75) is 6.61 Å². The number of hydrogen-bond donors (Lipinski definition) is 1. The first-order chi connectivity index (χ1) is 11.6. The molecule has 0 aliphatic heterocycles. The zero-order chi connectivity index (χ0) is 16.7. The highest BCUT2D eigenvalue weighted by molar-refractivity contribution is 7.21. The van der Waals surface area contributed by atoms with E-state index in [9.17, 15) is 9.59 Å². The van der Waals surface area contributed by atoms with Crippen LogP contribution in [-0.2, 0) is 11.3 Å². The van der Waals surface area contributed by atoms with Crippen LogP contribution in [0, 0.1) is 0 Å². The van der Waals surface area contributed by atoms with E-state index in [1.54, 1.807) is 11.4 Å². The lowest BCUT2D eigenvalue weighted by atomic mass is 10.2. The van der Waals surface area contributed by atoms with Gasteiger partial charge in [0.1, 0.15) is 22.0 Å². The van der Waals surface area contributed by atoms with Gasteiger partial charge in [0.25, 0.3) is 5.56 Å². The number of benzene rings is 1. The zero-order valence-electron chi connectivity index (χ0n) is 12.0. The fourth-order valence-corrected chi connectivity index (χ4v) is 4.46. The van der Waals surface area contributed by atoms with Gasteiger partial charge >= 0.3 is 5.97 Å². The van der Waals surface area contributed by atoms with Crippen LogP contribution in [0.4, 0.5) is 0 Å². The molecule has 0 aliphatic carbocycles. The Morgan fingerprint density at radius 1 is 1.29 bits per heavy atom. The van der Waals surface area contributed by atoms with Gasteiger partial charge in [0, 0.05) is 10.1 Å². The normalized spacial score (nSPS) is 11.2. The Labute approximate surface area is 148 Å². The van der Waals surface area contributed by atoms with Crippen molar-refractivity contribution in [1.29, 1.82) is 0 Å². The van der Waals surface area contributed by atoms with E-state index in [1.807, 2.05) is 24.3 Å². The third kappa shape index (κ3) is 2.60. The van der Waals surface area contributed by atoms with E-state index in [2.05, 4.69) is 9.97 Å². The minimum atomic E-state index is -0.533. The SMILES string of the molecule is O=C(OCc1nc2ccsc2c(=O)[nH]1)c1sc2ccccc2c1Cl. The smallest absolute Gasteiger partial charge is 0.350 e. The number of rotatable bonds is 3. The number of aromatic nitrogens is 2. The van der Waals surface area contributed by atoms with Gasteiger partial charge in [0.2, 0.25) is 0 Å². The molecule has 0 atom stereocenters. The minimum absolute atomic E-state index is 0.121. The lowest BCUT2D eigenvalue weighted by molar-refractivity contribution is 0.0468. The molecule has 0 saturated heterocycles. The monoisotopic (exact) mass is 376 g/mol. The molecule has 0 bridgehead atoms. The molecule has 0 aliphatic rings. The molecule has 0 unspecified atom stereocenters. The molecular formula is C16H9ClN2O3S2. The number of thiophene rings is 2. The average molecular weight is 377 g/mol. The Bertz CT molecular complexity index is 1130. The summed E-state index contributed by atoms with van der Waals surface area (Å²) in [6, 6.07) is 9.25. The predicted molar refractivity (Wildman–Crippen MR) is 96.2 cm³/mol. The van der Waals surface area contributed by atoms with Crippen molar-refractivity contribution in [3.8, 4) is 0 Å². The Hall–Kier alpha value is -2.22. The molecule has 120 valence electrons. The molecule has 1 N–H and O–H groups in total. The fourth-order valence-electron chi connectivity index (χ4n) is 2.33. The second-order valence-electron chi connectivity index (χ2n) is 4.97. The van der Waals surface area contributed by atoms with E-state index in [1.165, 1.54) is 22.7 Å². The predicted octanol–water partition coefficient (Wildman–Crippen LogP) is 4.21. The highest BCUT2D eigenvalue weighted by Gasteiger charge is 2.18. The van der Waals surface area contributed by atoms with Gasteiger partial charge in [-0.25, -0.2) is 9.78 Å². The van der Waals surface area contributed by atoms with Crippen LogP contribution < -0.4 is 5.56 Å². The van der Waals surface area contributed by atoms with Crippen LogP contribution in [0.25, 0.3) is 20.3 Å². The maximum Gasteiger partial charge on any atom is 0.350 e. The van der Waals surface area contributed by atoms with Crippen LogP contribution in [0.5, 0.6) is 0 Å². The van der Waals surface area contributed by atoms with Crippen molar-refractivity contribution in [3.05, 3.63) is 61.8 Å². The van der Waals surface area contributed by atoms with Gasteiger partial charge in [-0.1, -0.05) is 29.8 Å². The highest BCUT2D eigenvalue weighted by Crippen LogP contribution is 2.35. The van der Waals surface area contributed by atoms with Gasteiger partial charge in [-0.2, -0.15) is 0 Å². The highest BCUT2D eigenvalue weighted by atomic mass is 35.5. The molecule has 3 aromatic heterocycles. The summed E-state index contributed by atoms with van der Waals surface area (Å²) in [7, 11) is 0. The van der Waals surface area contributed by atoms with Crippen LogP contribution >= 0.6 is 34.3 Å². The molecule has 5 nitrogen and oxygen atoms in total. The number of nitrogens with one attached hydrogen (secondary N) is 1. The summed E-state index contributed by atoms with van der Waals surface area (Å²) in [5.74, 6) is -0.231. The lowest BCUT2D eigenvalue weighted by Gasteiger charge is -2.03. The van der Waals surface area contributed by atoms with E-state index in [-0.39, 0.29) is 12.2 Å². The number of esters is 1. The van der Waals surface area contributed by atoms with Gasteiger partial charge in [-0.15, -0.1) is 22.7 Å². The summed E-state index contributed by atoms with van der Waals surface area (Å²) in [6.07, 6.45) is 0. The van der Waals surface area contributed by atoms with Gasteiger partial charge in [-0.05, 0) is 17.5 Å². The maximum atomic E-state index is 12.3. The van der Waals surface area contributed by atoms with Crippen molar-refractivity contribution in [3.63, 3.8) is 0 Å². The van der Waals surface area contributed by atoms with E-state index in [4.69, 9.17) is 16.3 Å². The Morgan fingerprint density at radius 2 is 2.12 bits per heavy atom. The Kier molecular flexibility index (Phi) is 3.84. The lowest BCUT2D eigenvalue weighted by Crippen LogP contribution is -2.13. The number of nitrogens with zero attached hydrogens (tertiary/aromatic N) is 1. The molecule has 3 heterocycles. The van der Waals surface area contributed by atoms with E-state index in [0.29, 0.717) is 25.9 Å². The van der Waals surface area contributed by atoms with Gasteiger partial charge < -0.3 is 9.72 Å². The van der Waals surface area contributed by atoms with Crippen molar-refractivity contribution in [2.75, 3.05) is 0 Å². The molecule has 0 fully saturated rings. The van der Waals surface area contributed by atoms with Crippen LogP contribution in [0.2, 0.25) is 5.02 Å². The van der Waals surface area contributed by atoms with Crippen LogP contribution in [0.3, 0.4) is 0 Å². The third-order valence-electron chi connectivity index (χ3n) is 3.42. The van der Waals surface area contributed by atoms with Crippen LogP contribution in [-0.4, -0.2) is 15.9 Å². The molecule has 4 aromatic rings. The van der Waals surface area contributed by atoms with E-state index in [0.717, 1.165) is 10.1 Å². The van der Waals surface area contributed by atoms with Crippen LogP contribution in [0.1, 0.15) is 15.5 Å². The summed E-state index contributed by atoms with van der Waals surface area (Å²) < 4.78 is 6.73. The van der Waals surface area contributed by atoms with E-state index >= 15 is 0 Å². The van der Waals surface area contributed by atoms with Crippen molar-refractivity contribution < 1.29 is 9.53 Å². The molecule has 0 saturated carbocycles. The average Bonchev–Trinajstić information content (AvgIpc) is 3.18. The quantitative estimate of drug-likeness (QED) is 0.543. The van der Waals surface area contributed by atoms with Crippen molar-refractivity contribution in [2.24, 2.45) is 0 Å². The van der Waals surface area contributed by atoms with Gasteiger partial charge in [-0.3, -0.25) is 4.79 Å². The van der Waals surface area contributed by atoms with Gasteiger partial charge in [0.15, 0.2) is 0 Å². The molecular weight excluding hydrogens is 368 g/mol. The standard InChI is InChI=1S/C16H9ClN2O3S2/c17-12-8-3-1-2-4-10(8)24-14(12)16(21)22-7-11-18-9-5-6-23-13(9)15(20)19-11/h1-6H,7H2,(H,18,19,20). The Balaban J connectivity index is 1.59. The number of halogens is 1. The number of ether oxygens (including phenoxy) is 1. The summed E-state index contributed by atoms with van der Waals surface area (Å²) in [6.45, 7) is -0.121. The first-order valence-corrected chi connectivity index (χ1v) is 9.01. The largest absolute Gasteiger partial charge is 0.453 e. The van der Waals surface area contributed by atoms with Crippen molar-refractivity contribution >= 4 is 60.5 Å². The second-order valence-corrected chi connectivity index (χ2v) is 7.31. The van der Waals surface area contributed by atoms with Gasteiger partial charge in [0.05, 0.1) is 10.5 Å². The number of carbonyl (C=O) groups is 1. The summed E-state index contributed by atoms with van der Waals surface area (Å²) >= 11 is 8.86. The molecule has 0 spiro atoms. The zero-order valence-corrected chi connectivity index (χ0v) is 14.4.